The van der Waals surface area contributed by atoms with Gasteiger partial charge in [0.25, 0.3) is 0 Å². The van der Waals surface area contributed by atoms with E-state index in [2.05, 4.69) is 75.8 Å². The van der Waals surface area contributed by atoms with Crippen LogP contribution in [0.3, 0.4) is 0 Å². The first kappa shape index (κ1) is 20.7. The van der Waals surface area contributed by atoms with Crippen LogP contribution < -0.4 is 4.57 Å². The van der Waals surface area contributed by atoms with Crippen molar-refractivity contribution in [2.24, 2.45) is 13.0 Å². The van der Waals surface area contributed by atoms with E-state index in [1.807, 2.05) is 17.8 Å². The van der Waals surface area contributed by atoms with Crippen molar-refractivity contribution in [2.75, 3.05) is 0 Å². The van der Waals surface area contributed by atoms with Gasteiger partial charge in [-0.1, -0.05) is 55.4 Å². The minimum Gasteiger partial charge on any atom is -0.207 e. The summed E-state index contributed by atoms with van der Waals surface area (Å²) in [7, 11) is 2.15. The number of benzene rings is 4. The second kappa shape index (κ2) is 7.30. The molecule has 0 fully saturated rings. The van der Waals surface area contributed by atoms with Crippen molar-refractivity contribution in [1.29, 1.82) is 0 Å². The lowest BCUT2D eigenvalue weighted by Gasteiger charge is -2.26. The molecular formula is C30H27FNS+. The number of aryl methyl sites for hydroxylation is 3. The number of pyridine rings is 1. The van der Waals surface area contributed by atoms with Gasteiger partial charge in [0, 0.05) is 21.2 Å². The summed E-state index contributed by atoms with van der Waals surface area (Å²) in [5, 5.41) is 7.27. The maximum atomic E-state index is 14.1. The van der Waals surface area contributed by atoms with E-state index in [1.165, 1.54) is 59.3 Å². The molecule has 0 N–H and O–H groups in total. The predicted octanol–water partition coefficient (Wildman–Crippen LogP) is 8.06. The Morgan fingerprint density at radius 1 is 0.909 bits per heavy atom. The van der Waals surface area contributed by atoms with Crippen LogP contribution in [-0.4, -0.2) is 0 Å². The summed E-state index contributed by atoms with van der Waals surface area (Å²) in [6.07, 6.45) is 3.19. The third-order valence-electron chi connectivity index (χ3n) is 7.00. The Morgan fingerprint density at radius 2 is 1.70 bits per heavy atom. The molecule has 1 aliphatic heterocycles. The van der Waals surface area contributed by atoms with Gasteiger partial charge in [-0.25, -0.2) is 8.96 Å². The van der Waals surface area contributed by atoms with Crippen LogP contribution in [0.15, 0.2) is 64.5 Å². The predicted molar refractivity (Wildman–Crippen MR) is 138 cm³/mol. The highest BCUT2D eigenvalue weighted by atomic mass is 32.2. The SMILES string of the molecule is Cc1ccc2c(CC(C)C)c3c(c(C)c2c1)-c1c2c(cc4cc(F)ccc4c2cc[n+]1C)S3. The minimum atomic E-state index is -0.185. The van der Waals surface area contributed by atoms with Crippen LogP contribution in [0.4, 0.5) is 4.39 Å². The summed E-state index contributed by atoms with van der Waals surface area (Å²) in [5.74, 6) is 0.369. The maximum Gasteiger partial charge on any atom is 0.222 e. The van der Waals surface area contributed by atoms with Gasteiger partial charge in [0.2, 0.25) is 5.69 Å². The zero-order valence-corrected chi connectivity index (χ0v) is 20.5. The molecule has 33 heavy (non-hydrogen) atoms. The van der Waals surface area contributed by atoms with Gasteiger partial charge < -0.3 is 0 Å². The molecule has 0 unspecified atom stereocenters. The fourth-order valence-electron chi connectivity index (χ4n) is 5.54. The van der Waals surface area contributed by atoms with Crippen LogP contribution in [0.25, 0.3) is 43.6 Å². The largest absolute Gasteiger partial charge is 0.222 e. The average molecular weight is 453 g/mol. The first-order valence-corrected chi connectivity index (χ1v) is 12.4. The molecule has 0 saturated heterocycles. The van der Waals surface area contributed by atoms with Crippen molar-refractivity contribution in [2.45, 2.75) is 43.9 Å². The summed E-state index contributed by atoms with van der Waals surface area (Å²) in [5.41, 5.74) is 6.70. The highest BCUT2D eigenvalue weighted by Gasteiger charge is 2.32. The molecular weight excluding hydrogens is 425 g/mol. The first-order chi connectivity index (χ1) is 15.8. The molecule has 0 aliphatic carbocycles. The van der Waals surface area contributed by atoms with Gasteiger partial charge in [-0.3, -0.25) is 0 Å². The molecule has 5 aromatic rings. The molecule has 0 bridgehead atoms. The number of halogens is 1. The quantitative estimate of drug-likeness (QED) is 0.190. The molecule has 0 spiro atoms. The number of hydrogen-bond donors (Lipinski definition) is 0. The van der Waals surface area contributed by atoms with Crippen molar-refractivity contribution in [1.82, 2.24) is 0 Å². The molecule has 6 rings (SSSR count). The van der Waals surface area contributed by atoms with E-state index in [0.29, 0.717) is 5.92 Å². The molecule has 4 aromatic carbocycles. The minimum absolute atomic E-state index is 0.185. The summed E-state index contributed by atoms with van der Waals surface area (Å²) in [6.45, 7) is 9.05. The van der Waals surface area contributed by atoms with E-state index in [1.54, 1.807) is 12.1 Å². The van der Waals surface area contributed by atoms with E-state index < -0.39 is 0 Å². The number of hydrogen-bond acceptors (Lipinski definition) is 1. The standard InChI is InChI=1S/C30H27FNS/c1-16(2)12-25-22-8-6-17(3)13-24(22)18(4)27-29-28-23(10-11-32(29)5)21-9-7-20(31)14-19(21)15-26(28)33-30(25)27/h6-11,13-16H,12H2,1-5H3/q+1. The van der Waals surface area contributed by atoms with Gasteiger partial charge >= 0.3 is 0 Å². The van der Waals surface area contributed by atoms with Crippen molar-refractivity contribution >= 4 is 44.1 Å². The fourth-order valence-corrected chi connectivity index (χ4v) is 6.93. The number of nitrogens with zero attached hydrogens (tertiary/aromatic N) is 1. The highest BCUT2D eigenvalue weighted by molar-refractivity contribution is 8.00. The van der Waals surface area contributed by atoms with Crippen LogP contribution in [0.5, 0.6) is 0 Å². The Hall–Kier alpha value is -2.91. The Balaban J connectivity index is 1.82. The van der Waals surface area contributed by atoms with Gasteiger partial charge in [-0.2, -0.15) is 0 Å². The lowest BCUT2D eigenvalue weighted by atomic mass is 9.87. The Labute approximate surface area is 198 Å². The summed E-state index contributed by atoms with van der Waals surface area (Å²) < 4.78 is 16.4. The lowest BCUT2D eigenvalue weighted by molar-refractivity contribution is -0.659. The van der Waals surface area contributed by atoms with Crippen LogP contribution in [0.1, 0.15) is 30.5 Å². The van der Waals surface area contributed by atoms with Crippen molar-refractivity contribution < 1.29 is 8.96 Å². The highest BCUT2D eigenvalue weighted by Crippen LogP contribution is 2.53. The normalized spacial score (nSPS) is 12.8. The van der Waals surface area contributed by atoms with E-state index >= 15 is 0 Å². The number of fused-ring (bicyclic) bond motifs is 5. The second-order valence-electron chi connectivity index (χ2n) is 9.86. The zero-order chi connectivity index (χ0) is 23.0. The van der Waals surface area contributed by atoms with Crippen molar-refractivity contribution in [3.63, 3.8) is 0 Å². The van der Waals surface area contributed by atoms with Crippen LogP contribution in [-0.2, 0) is 13.5 Å². The Kier molecular flexibility index (Phi) is 4.57. The molecule has 0 amide bonds. The molecule has 0 radical (unpaired) electrons. The van der Waals surface area contributed by atoms with E-state index in [-0.39, 0.29) is 5.82 Å². The third kappa shape index (κ3) is 3.02. The summed E-state index contributed by atoms with van der Waals surface area (Å²) in [6, 6.07) is 16.4. The van der Waals surface area contributed by atoms with Gasteiger partial charge in [-0.15, -0.1) is 0 Å². The Morgan fingerprint density at radius 3 is 2.48 bits per heavy atom. The molecule has 0 saturated carbocycles. The van der Waals surface area contributed by atoms with Gasteiger partial charge in [0.1, 0.15) is 12.9 Å². The third-order valence-corrected chi connectivity index (χ3v) is 8.20. The second-order valence-corrected chi connectivity index (χ2v) is 10.9. The fraction of sp³-hybridized carbons (Fsp3) is 0.233. The number of aromatic nitrogens is 1. The van der Waals surface area contributed by atoms with E-state index in [9.17, 15) is 4.39 Å². The van der Waals surface area contributed by atoms with Crippen LogP contribution in [0, 0.1) is 25.6 Å². The molecule has 3 heteroatoms. The molecule has 164 valence electrons. The molecule has 0 atom stereocenters. The van der Waals surface area contributed by atoms with Gasteiger partial charge in [0.15, 0.2) is 6.20 Å². The van der Waals surface area contributed by atoms with Gasteiger partial charge in [0.05, 0.1) is 10.9 Å². The monoisotopic (exact) mass is 452 g/mol. The molecule has 2 heterocycles. The molecule has 1 aromatic heterocycles. The van der Waals surface area contributed by atoms with Gasteiger partial charge in [-0.05, 0) is 77.1 Å². The first-order valence-electron chi connectivity index (χ1n) is 11.6. The van der Waals surface area contributed by atoms with Crippen molar-refractivity contribution in [3.05, 3.63) is 77.2 Å². The average Bonchev–Trinajstić information content (AvgIpc) is 2.77. The van der Waals surface area contributed by atoms with E-state index in [0.717, 1.165) is 17.2 Å². The number of rotatable bonds is 2. The maximum absolute atomic E-state index is 14.1. The van der Waals surface area contributed by atoms with Crippen LogP contribution >= 0.6 is 11.8 Å². The molecule has 1 nitrogen and oxygen atoms in total. The summed E-state index contributed by atoms with van der Waals surface area (Å²) in [4.78, 5) is 2.58. The zero-order valence-electron chi connectivity index (χ0n) is 19.7. The lowest BCUT2D eigenvalue weighted by Crippen LogP contribution is -2.32. The van der Waals surface area contributed by atoms with Crippen molar-refractivity contribution in [3.8, 4) is 11.3 Å². The van der Waals surface area contributed by atoms with E-state index in [4.69, 9.17) is 0 Å². The Bertz CT molecular complexity index is 1630. The van der Waals surface area contributed by atoms with Crippen LogP contribution in [0.2, 0.25) is 0 Å². The summed E-state index contributed by atoms with van der Waals surface area (Å²) >= 11 is 1.87. The topological polar surface area (TPSA) is 3.88 Å². The smallest absolute Gasteiger partial charge is 0.207 e. The molecule has 1 aliphatic rings.